The first-order chi connectivity index (χ1) is 18.5. The molecule has 6 atom stereocenters. The predicted octanol–water partition coefficient (Wildman–Crippen LogP) is 6.86. The third-order valence-corrected chi connectivity index (χ3v) is 10.9. The van der Waals surface area contributed by atoms with Crippen molar-refractivity contribution < 1.29 is 19.3 Å². The Morgan fingerprint density at radius 1 is 1.03 bits per heavy atom. The molecule has 2 aliphatic carbocycles. The molecule has 5 heteroatoms. The molecular weight excluding hydrogens is 472 g/mol. The molecule has 4 heterocycles. The van der Waals surface area contributed by atoms with Crippen LogP contribution in [0.15, 0.2) is 60.0 Å². The van der Waals surface area contributed by atoms with Gasteiger partial charge in [-0.2, -0.15) is 4.65 Å². The number of aromatic nitrogens is 1. The molecule has 1 aromatic carbocycles. The van der Waals surface area contributed by atoms with Crippen molar-refractivity contribution in [3.8, 4) is 0 Å². The average molecular weight is 516 g/mol. The molecule has 0 amide bonds. The van der Waals surface area contributed by atoms with Crippen LogP contribution in [0.2, 0.25) is 0 Å². The Bertz CT molecular complexity index is 1260. The summed E-state index contributed by atoms with van der Waals surface area (Å²) in [5, 5.41) is 14.2. The van der Waals surface area contributed by atoms with E-state index in [2.05, 4.69) is 48.3 Å². The van der Waals surface area contributed by atoms with Gasteiger partial charge in [0.2, 0.25) is 0 Å². The second-order valence-electron chi connectivity index (χ2n) is 12.8. The summed E-state index contributed by atoms with van der Waals surface area (Å²) in [5.74, 6) is 1.03. The first-order valence-electron chi connectivity index (χ1n) is 15.1. The Labute approximate surface area is 227 Å². The lowest BCUT2D eigenvalue weighted by Gasteiger charge is -2.50. The van der Waals surface area contributed by atoms with Gasteiger partial charge in [-0.1, -0.05) is 31.2 Å². The van der Waals surface area contributed by atoms with Gasteiger partial charge in [-0.05, 0) is 91.0 Å². The Kier molecular flexibility index (Phi) is 6.27. The van der Waals surface area contributed by atoms with Gasteiger partial charge in [0.15, 0.2) is 0 Å². The molecule has 3 aliphatic heterocycles. The second-order valence-corrected chi connectivity index (χ2v) is 12.8. The quantitative estimate of drug-likeness (QED) is 0.444. The second kappa shape index (κ2) is 9.55. The molecule has 7 rings (SSSR count). The summed E-state index contributed by atoms with van der Waals surface area (Å²) in [6, 6.07) is 9.32. The van der Waals surface area contributed by atoms with Crippen LogP contribution in [0, 0.1) is 5.92 Å². The Morgan fingerprint density at radius 2 is 1.97 bits per heavy atom. The smallest absolute Gasteiger partial charge is 0.132 e. The van der Waals surface area contributed by atoms with Crippen LogP contribution in [0.25, 0.3) is 10.8 Å². The summed E-state index contributed by atoms with van der Waals surface area (Å²) in [6.45, 7) is 5.38. The van der Waals surface area contributed by atoms with Gasteiger partial charge in [0.05, 0.1) is 24.4 Å². The van der Waals surface area contributed by atoms with E-state index < -0.39 is 0 Å². The van der Waals surface area contributed by atoms with Crippen molar-refractivity contribution in [2.75, 3.05) is 26.3 Å². The number of quaternary nitrogens is 1. The summed E-state index contributed by atoms with van der Waals surface area (Å²) in [7, 11) is 0. The topological polar surface area (TPSA) is 51.6 Å². The number of benzene rings is 1. The highest BCUT2D eigenvalue weighted by molar-refractivity contribution is 5.82. The third kappa shape index (κ3) is 4.09. The number of hydrogen-bond acceptors (Lipinski definition) is 4. The first-order valence-corrected chi connectivity index (χ1v) is 15.1. The Balaban J connectivity index is 1.15. The molecule has 2 saturated heterocycles. The molecule has 5 aliphatic rings. The van der Waals surface area contributed by atoms with Gasteiger partial charge < -0.3 is 9.47 Å². The molecule has 1 saturated carbocycles. The zero-order valence-corrected chi connectivity index (χ0v) is 22.9. The van der Waals surface area contributed by atoms with Crippen molar-refractivity contribution in [2.45, 2.75) is 94.3 Å². The van der Waals surface area contributed by atoms with Crippen molar-refractivity contribution in [3.05, 3.63) is 65.5 Å². The van der Waals surface area contributed by atoms with Crippen LogP contribution in [0.3, 0.4) is 0 Å². The highest BCUT2D eigenvalue weighted by Gasteiger charge is 2.61. The van der Waals surface area contributed by atoms with E-state index in [1.54, 1.807) is 0 Å². The normalized spacial score (nSPS) is 39.6. The van der Waals surface area contributed by atoms with Gasteiger partial charge in [0.1, 0.15) is 19.1 Å². The van der Waals surface area contributed by atoms with Crippen molar-refractivity contribution in [2.24, 2.45) is 5.92 Å². The fourth-order valence-corrected chi connectivity index (χ4v) is 8.56. The number of allylic oxidation sites excluding steroid dienone is 1. The number of ether oxygens (including phenoxy) is 2. The summed E-state index contributed by atoms with van der Waals surface area (Å²) in [6.07, 6.45) is 19.8. The van der Waals surface area contributed by atoms with E-state index in [4.69, 9.17) is 9.47 Å². The van der Waals surface area contributed by atoms with E-state index in [-0.39, 0.29) is 21.9 Å². The van der Waals surface area contributed by atoms with Crippen LogP contribution >= 0.6 is 0 Å². The molecule has 5 nitrogen and oxygen atoms in total. The van der Waals surface area contributed by atoms with Crippen LogP contribution in [0.1, 0.15) is 82.6 Å². The maximum atomic E-state index is 11.7. The molecule has 2 bridgehead atoms. The van der Waals surface area contributed by atoms with Gasteiger partial charge in [-0.25, -0.2) is 5.21 Å². The van der Waals surface area contributed by atoms with Crippen LogP contribution in [-0.4, -0.2) is 58.4 Å². The van der Waals surface area contributed by atoms with E-state index >= 15 is 0 Å². The highest BCUT2D eigenvalue weighted by Crippen LogP contribution is 2.60. The molecule has 1 N–H and O–H groups in total. The number of rotatable bonds is 2. The third-order valence-electron chi connectivity index (χ3n) is 10.9. The van der Waals surface area contributed by atoms with Crippen molar-refractivity contribution in [3.63, 3.8) is 0 Å². The van der Waals surface area contributed by atoms with Gasteiger partial charge in [-0.15, -0.1) is 0 Å². The fourth-order valence-electron chi connectivity index (χ4n) is 8.56. The zero-order valence-electron chi connectivity index (χ0n) is 22.9. The number of nitrogens with zero attached hydrogens (tertiary/aromatic N) is 2. The molecule has 6 unspecified atom stereocenters. The van der Waals surface area contributed by atoms with E-state index in [0.29, 0.717) is 25.0 Å². The van der Waals surface area contributed by atoms with E-state index in [1.807, 2.05) is 12.4 Å². The maximum absolute atomic E-state index is 11.7. The molecule has 1 aromatic heterocycles. The van der Waals surface area contributed by atoms with Crippen LogP contribution < -0.4 is 0 Å². The summed E-state index contributed by atoms with van der Waals surface area (Å²) < 4.78 is 13.3. The highest BCUT2D eigenvalue weighted by atomic mass is 16.6. The Hall–Kier alpha value is -2.05. The minimum absolute atomic E-state index is 0.171. The maximum Gasteiger partial charge on any atom is 0.132 e. The molecular formula is C33H43N2O3+. The largest absolute Gasteiger partial charge is 0.375 e. The van der Waals surface area contributed by atoms with E-state index in [0.717, 1.165) is 58.1 Å². The number of pyridine rings is 1. The minimum atomic E-state index is -0.186. The number of hydroxylamine groups is 3. The monoisotopic (exact) mass is 515 g/mol. The molecule has 2 spiro atoms. The first kappa shape index (κ1) is 25.0. The fraction of sp³-hybridized carbons (Fsp3) is 0.606. The molecule has 0 radical (unpaired) electrons. The lowest BCUT2D eigenvalue weighted by molar-refractivity contribution is -1.12. The molecule has 3 fully saturated rings. The van der Waals surface area contributed by atoms with Gasteiger partial charge in [-0.3, -0.25) is 4.98 Å². The van der Waals surface area contributed by atoms with Gasteiger partial charge in [0, 0.05) is 37.0 Å². The Morgan fingerprint density at radius 3 is 2.92 bits per heavy atom. The van der Waals surface area contributed by atoms with Gasteiger partial charge >= 0.3 is 0 Å². The lowest BCUT2D eigenvalue weighted by Crippen LogP contribution is -2.59. The van der Waals surface area contributed by atoms with Crippen LogP contribution in [-0.2, 0) is 9.47 Å². The van der Waals surface area contributed by atoms with Crippen molar-refractivity contribution in [1.82, 2.24) is 4.98 Å². The van der Waals surface area contributed by atoms with Crippen molar-refractivity contribution >= 4 is 10.8 Å². The minimum Gasteiger partial charge on any atom is -0.375 e. The summed E-state index contributed by atoms with van der Waals surface area (Å²) in [4.78, 5) is 4.36. The standard InChI is InChI=1S/C33H43N2O3/c1-24-6-7-25(27-9-8-26-12-15-34-23-28(26)20-27)4-2-5-30-21-29-10-11-31(35(36)16-3-18-37-19-17-35)22-32(29)13-14-33(24,30)38-32/h5,8-9,12,15,20-21,23-25,31,36H,2-4,6-7,10-11,13-14,16-19,22H2,1H3/q+1. The summed E-state index contributed by atoms with van der Waals surface area (Å²) in [5.41, 5.74) is 4.04. The van der Waals surface area contributed by atoms with Gasteiger partial charge in [0.25, 0.3) is 0 Å². The number of fused-ring (bicyclic) bond motifs is 1. The van der Waals surface area contributed by atoms with Crippen molar-refractivity contribution in [1.29, 1.82) is 0 Å². The predicted molar refractivity (Wildman–Crippen MR) is 149 cm³/mol. The van der Waals surface area contributed by atoms with Crippen LogP contribution in [0.5, 0.6) is 0 Å². The molecule has 2 aromatic rings. The summed E-state index contributed by atoms with van der Waals surface area (Å²) >= 11 is 0. The molecule has 38 heavy (non-hydrogen) atoms. The lowest BCUT2D eigenvalue weighted by atomic mass is 9.73. The molecule has 202 valence electrons. The van der Waals surface area contributed by atoms with Crippen LogP contribution in [0.4, 0.5) is 0 Å². The average Bonchev–Trinajstić information content (AvgIpc) is 3.12. The zero-order chi connectivity index (χ0) is 25.8. The number of hydrogen-bond donors (Lipinski definition) is 1. The van der Waals surface area contributed by atoms with E-state index in [1.165, 1.54) is 46.7 Å². The van der Waals surface area contributed by atoms with E-state index in [9.17, 15) is 5.21 Å². The SMILES string of the molecule is CC1CCC(c2ccc3ccncc3c2)CCC=C2C=C3CCC([N+]4(O)CCCOCC4)CC34CCC21O4.